The number of carbonyl (C=O) groups excluding carboxylic acids is 1. The molecule has 1 aromatic carbocycles. The second-order valence-corrected chi connectivity index (χ2v) is 3.96. The van der Waals surface area contributed by atoms with E-state index in [1.807, 2.05) is 38.1 Å². The lowest BCUT2D eigenvalue weighted by Crippen LogP contribution is -2.06. The van der Waals surface area contributed by atoms with Crippen LogP contribution in [0.1, 0.15) is 24.2 Å². The van der Waals surface area contributed by atoms with E-state index in [9.17, 15) is 4.79 Å². The molecule has 2 aromatic rings. The highest BCUT2D eigenvalue weighted by Crippen LogP contribution is 2.16. The number of Topliss-reactive ketones (excluding diaryl/α,β-unsaturated/α-hetero) is 1. The second-order valence-electron chi connectivity index (χ2n) is 3.96. The predicted molar refractivity (Wildman–Crippen MR) is 60.9 cm³/mol. The summed E-state index contributed by atoms with van der Waals surface area (Å²) >= 11 is 0. The highest BCUT2D eigenvalue weighted by Gasteiger charge is 2.10. The molecule has 2 heteroatoms. The molecule has 1 heterocycles. The van der Waals surface area contributed by atoms with E-state index in [-0.39, 0.29) is 11.7 Å². The molecule has 0 bridgehead atoms. The molecular weight excluding hydrogens is 186 g/mol. The number of benzene rings is 1. The number of ketones is 1. The summed E-state index contributed by atoms with van der Waals surface area (Å²) in [7, 11) is 0. The molecule has 0 spiro atoms. The van der Waals surface area contributed by atoms with E-state index in [0.29, 0.717) is 0 Å². The fourth-order valence-electron chi connectivity index (χ4n) is 1.57. The fraction of sp³-hybridized carbons (Fsp3) is 0.231. The minimum Gasteiger partial charge on any atom is -0.294 e. The molecule has 0 aliphatic carbocycles. The van der Waals surface area contributed by atoms with Gasteiger partial charge in [0.1, 0.15) is 0 Å². The smallest absolute Gasteiger partial charge is 0.165 e. The first-order valence-electron chi connectivity index (χ1n) is 5.06. The van der Waals surface area contributed by atoms with Crippen LogP contribution in [0.4, 0.5) is 0 Å². The molecule has 0 saturated heterocycles. The first kappa shape index (κ1) is 9.84. The molecule has 0 atom stereocenters. The Labute approximate surface area is 89.0 Å². The highest BCUT2D eigenvalue weighted by atomic mass is 16.1. The monoisotopic (exact) mass is 199 g/mol. The number of aromatic nitrogens is 1. The molecule has 0 N–H and O–H groups in total. The van der Waals surface area contributed by atoms with Crippen LogP contribution in [0.2, 0.25) is 0 Å². The predicted octanol–water partition coefficient (Wildman–Crippen LogP) is 3.07. The van der Waals surface area contributed by atoms with Crippen LogP contribution >= 0.6 is 0 Å². The van der Waals surface area contributed by atoms with Crippen molar-refractivity contribution in [2.75, 3.05) is 0 Å². The number of hydrogen-bond donors (Lipinski definition) is 0. The first-order valence-corrected chi connectivity index (χ1v) is 5.06. The largest absolute Gasteiger partial charge is 0.294 e. The van der Waals surface area contributed by atoms with Crippen LogP contribution in [-0.2, 0) is 0 Å². The fourth-order valence-corrected chi connectivity index (χ4v) is 1.57. The molecule has 0 fully saturated rings. The zero-order valence-electron chi connectivity index (χ0n) is 8.90. The number of carbonyl (C=O) groups is 1. The Hall–Kier alpha value is -1.70. The zero-order chi connectivity index (χ0) is 10.8. The number of rotatable bonds is 2. The summed E-state index contributed by atoms with van der Waals surface area (Å²) in [5.41, 5.74) is 0.781. The van der Waals surface area contributed by atoms with Gasteiger partial charge in [0.05, 0.1) is 0 Å². The Bertz CT molecular complexity index is 503. The van der Waals surface area contributed by atoms with E-state index in [2.05, 4.69) is 4.98 Å². The van der Waals surface area contributed by atoms with Crippen molar-refractivity contribution in [1.82, 2.24) is 4.98 Å². The molecule has 0 saturated carbocycles. The van der Waals surface area contributed by atoms with Gasteiger partial charge in [-0.2, -0.15) is 0 Å². The van der Waals surface area contributed by atoms with Gasteiger partial charge in [0.15, 0.2) is 5.78 Å². The van der Waals surface area contributed by atoms with E-state index in [1.165, 1.54) is 0 Å². The molecule has 2 nitrogen and oxygen atoms in total. The minimum absolute atomic E-state index is 0.0456. The van der Waals surface area contributed by atoms with Crippen molar-refractivity contribution < 1.29 is 4.79 Å². The van der Waals surface area contributed by atoms with Crippen LogP contribution in [0.25, 0.3) is 10.8 Å². The van der Waals surface area contributed by atoms with Crippen molar-refractivity contribution in [2.45, 2.75) is 13.8 Å². The Morgan fingerprint density at radius 3 is 2.73 bits per heavy atom. The average Bonchev–Trinajstić information content (AvgIpc) is 2.27. The maximum atomic E-state index is 11.8. The lowest BCUT2D eigenvalue weighted by atomic mass is 9.99. The maximum absolute atomic E-state index is 11.8. The molecule has 0 radical (unpaired) electrons. The Balaban J connectivity index is 2.52. The van der Waals surface area contributed by atoms with Gasteiger partial charge in [-0.05, 0) is 17.5 Å². The molecule has 76 valence electrons. The van der Waals surface area contributed by atoms with E-state index in [4.69, 9.17) is 0 Å². The topological polar surface area (TPSA) is 30.0 Å². The van der Waals surface area contributed by atoms with E-state index in [0.717, 1.165) is 16.3 Å². The highest BCUT2D eigenvalue weighted by molar-refractivity contribution is 6.00. The van der Waals surface area contributed by atoms with Gasteiger partial charge in [0, 0.05) is 29.3 Å². The summed E-state index contributed by atoms with van der Waals surface area (Å²) in [4.78, 5) is 15.8. The third-order valence-corrected chi connectivity index (χ3v) is 2.45. The quantitative estimate of drug-likeness (QED) is 0.696. The molecule has 1 aromatic heterocycles. The number of nitrogens with zero attached hydrogens (tertiary/aromatic N) is 1. The number of pyridine rings is 1. The lowest BCUT2D eigenvalue weighted by molar-refractivity contribution is 0.0939. The summed E-state index contributed by atoms with van der Waals surface area (Å²) in [6, 6.07) is 7.66. The maximum Gasteiger partial charge on any atom is 0.165 e. The van der Waals surface area contributed by atoms with Crippen LogP contribution in [0.3, 0.4) is 0 Å². The molecule has 0 amide bonds. The van der Waals surface area contributed by atoms with Crippen molar-refractivity contribution in [3.63, 3.8) is 0 Å². The standard InChI is InChI=1S/C13H13NO/c1-9(2)13(15)11-3-4-12-8-14-6-5-10(12)7-11/h3-9H,1-2H3. The Morgan fingerprint density at radius 1 is 1.20 bits per heavy atom. The van der Waals surface area contributed by atoms with Gasteiger partial charge in [-0.25, -0.2) is 0 Å². The molecule has 15 heavy (non-hydrogen) atoms. The summed E-state index contributed by atoms with van der Waals surface area (Å²) in [5.74, 6) is 0.234. The van der Waals surface area contributed by atoms with Gasteiger partial charge in [-0.15, -0.1) is 0 Å². The zero-order valence-corrected chi connectivity index (χ0v) is 8.90. The van der Waals surface area contributed by atoms with Gasteiger partial charge >= 0.3 is 0 Å². The van der Waals surface area contributed by atoms with Crippen LogP contribution in [0, 0.1) is 5.92 Å². The normalized spacial score (nSPS) is 10.9. The first-order chi connectivity index (χ1) is 7.18. The van der Waals surface area contributed by atoms with E-state index in [1.54, 1.807) is 12.4 Å². The third kappa shape index (κ3) is 1.89. The summed E-state index contributed by atoms with van der Waals surface area (Å²) in [6.07, 6.45) is 3.55. The summed E-state index contributed by atoms with van der Waals surface area (Å²) < 4.78 is 0. The Morgan fingerprint density at radius 2 is 2.00 bits per heavy atom. The van der Waals surface area contributed by atoms with Crippen molar-refractivity contribution in [1.29, 1.82) is 0 Å². The Kier molecular flexibility index (Phi) is 2.50. The molecule has 0 unspecified atom stereocenters. The number of fused-ring (bicyclic) bond motifs is 1. The van der Waals surface area contributed by atoms with Gasteiger partial charge in [-0.1, -0.05) is 26.0 Å². The van der Waals surface area contributed by atoms with Crippen LogP contribution < -0.4 is 0 Å². The van der Waals surface area contributed by atoms with Crippen molar-refractivity contribution in [2.24, 2.45) is 5.92 Å². The van der Waals surface area contributed by atoms with Gasteiger partial charge in [0.25, 0.3) is 0 Å². The molecule has 2 rings (SSSR count). The van der Waals surface area contributed by atoms with Crippen LogP contribution in [-0.4, -0.2) is 10.8 Å². The van der Waals surface area contributed by atoms with E-state index < -0.39 is 0 Å². The third-order valence-electron chi connectivity index (χ3n) is 2.45. The molecular formula is C13H13NO. The molecule has 0 aliphatic rings. The summed E-state index contributed by atoms with van der Waals surface area (Å²) in [6.45, 7) is 3.83. The number of hydrogen-bond acceptors (Lipinski definition) is 2. The van der Waals surface area contributed by atoms with Crippen LogP contribution in [0.15, 0.2) is 36.7 Å². The van der Waals surface area contributed by atoms with Crippen molar-refractivity contribution >= 4 is 16.6 Å². The SMILES string of the molecule is CC(C)C(=O)c1ccc2cnccc2c1. The van der Waals surface area contributed by atoms with Gasteiger partial charge in [0.2, 0.25) is 0 Å². The molecule has 0 aliphatic heterocycles. The summed E-state index contributed by atoms with van der Waals surface area (Å²) in [5, 5.41) is 2.13. The van der Waals surface area contributed by atoms with E-state index >= 15 is 0 Å². The second kappa shape index (κ2) is 3.81. The minimum atomic E-state index is 0.0456. The van der Waals surface area contributed by atoms with Gasteiger partial charge < -0.3 is 0 Å². The van der Waals surface area contributed by atoms with Crippen molar-refractivity contribution in [3.8, 4) is 0 Å². The van der Waals surface area contributed by atoms with Gasteiger partial charge in [-0.3, -0.25) is 9.78 Å². The average molecular weight is 199 g/mol. The van der Waals surface area contributed by atoms with Crippen molar-refractivity contribution in [3.05, 3.63) is 42.2 Å². The lowest BCUT2D eigenvalue weighted by Gasteiger charge is -2.05. The van der Waals surface area contributed by atoms with Crippen LogP contribution in [0.5, 0.6) is 0 Å².